The normalized spacial score (nSPS) is 17.6. The van der Waals surface area contributed by atoms with Gasteiger partial charge in [0.05, 0.1) is 18.7 Å². The standard InChI is InChI=1S/C16H22ClN3O3/c1-19(2)16(22)20-8-4-5-11(10-20)15(21)18-13-9-12(17)6-7-14(13)23-3/h6-7,9,11H,4-5,8,10H2,1-3H3,(H,18,21). The van der Waals surface area contributed by atoms with Crippen molar-refractivity contribution in [2.45, 2.75) is 12.8 Å². The summed E-state index contributed by atoms with van der Waals surface area (Å²) in [5.74, 6) is 0.193. The number of carbonyl (C=O) groups is 2. The molecule has 1 fully saturated rings. The molecule has 0 aromatic heterocycles. The van der Waals surface area contributed by atoms with Gasteiger partial charge < -0.3 is 19.9 Å². The quantitative estimate of drug-likeness (QED) is 0.921. The average molecular weight is 340 g/mol. The molecule has 0 saturated carbocycles. The summed E-state index contributed by atoms with van der Waals surface area (Å²) in [5, 5.41) is 3.38. The zero-order valence-corrected chi connectivity index (χ0v) is 14.4. The summed E-state index contributed by atoms with van der Waals surface area (Å²) in [6, 6.07) is 5.00. The molecule has 2 rings (SSSR count). The van der Waals surface area contributed by atoms with Crippen LogP contribution in [0.4, 0.5) is 10.5 Å². The lowest BCUT2D eigenvalue weighted by molar-refractivity contribution is -0.121. The third kappa shape index (κ3) is 4.28. The van der Waals surface area contributed by atoms with E-state index >= 15 is 0 Å². The van der Waals surface area contributed by atoms with E-state index in [0.717, 1.165) is 12.8 Å². The number of amides is 3. The molecule has 0 aliphatic carbocycles. The molecule has 1 N–H and O–H groups in total. The van der Waals surface area contributed by atoms with E-state index in [4.69, 9.17) is 16.3 Å². The summed E-state index contributed by atoms with van der Waals surface area (Å²) in [6.07, 6.45) is 1.57. The van der Waals surface area contributed by atoms with Crippen LogP contribution in [0.15, 0.2) is 18.2 Å². The SMILES string of the molecule is COc1ccc(Cl)cc1NC(=O)C1CCCN(C(=O)N(C)C)C1. The van der Waals surface area contributed by atoms with Crippen molar-refractivity contribution in [3.05, 3.63) is 23.2 Å². The first-order chi connectivity index (χ1) is 10.9. The van der Waals surface area contributed by atoms with Crippen molar-refractivity contribution < 1.29 is 14.3 Å². The van der Waals surface area contributed by atoms with Gasteiger partial charge in [-0.05, 0) is 31.0 Å². The molecule has 126 valence electrons. The minimum atomic E-state index is -0.240. The average Bonchev–Trinajstić information content (AvgIpc) is 2.54. The Kier molecular flexibility index (Phi) is 5.71. The van der Waals surface area contributed by atoms with Crippen LogP contribution in [0.25, 0.3) is 0 Å². The van der Waals surface area contributed by atoms with Gasteiger partial charge in [0.2, 0.25) is 5.91 Å². The highest BCUT2D eigenvalue weighted by Crippen LogP contribution is 2.29. The lowest BCUT2D eigenvalue weighted by atomic mass is 9.97. The largest absolute Gasteiger partial charge is 0.495 e. The van der Waals surface area contributed by atoms with Crippen molar-refractivity contribution in [2.75, 3.05) is 39.6 Å². The predicted octanol–water partition coefficient (Wildman–Crippen LogP) is 2.68. The fraction of sp³-hybridized carbons (Fsp3) is 0.500. The molecular formula is C16H22ClN3O3. The molecule has 1 heterocycles. The Hall–Kier alpha value is -1.95. The molecule has 0 bridgehead atoms. The molecule has 1 unspecified atom stereocenters. The van der Waals surface area contributed by atoms with Crippen molar-refractivity contribution >= 4 is 29.2 Å². The van der Waals surface area contributed by atoms with E-state index in [2.05, 4.69) is 5.32 Å². The van der Waals surface area contributed by atoms with Gasteiger partial charge in [-0.25, -0.2) is 4.79 Å². The molecule has 7 heteroatoms. The van der Waals surface area contributed by atoms with Gasteiger partial charge in [-0.3, -0.25) is 4.79 Å². The number of nitrogens with one attached hydrogen (secondary N) is 1. The van der Waals surface area contributed by atoms with Gasteiger partial charge in [-0.1, -0.05) is 11.6 Å². The Morgan fingerprint density at radius 3 is 2.78 bits per heavy atom. The predicted molar refractivity (Wildman–Crippen MR) is 90.0 cm³/mol. The van der Waals surface area contributed by atoms with E-state index < -0.39 is 0 Å². The number of likely N-dealkylation sites (tertiary alicyclic amines) is 1. The number of hydrogen-bond donors (Lipinski definition) is 1. The molecule has 1 saturated heterocycles. The van der Waals surface area contributed by atoms with Crippen molar-refractivity contribution in [1.29, 1.82) is 0 Å². The van der Waals surface area contributed by atoms with E-state index in [1.807, 2.05) is 0 Å². The van der Waals surface area contributed by atoms with Gasteiger partial charge in [0.25, 0.3) is 0 Å². The van der Waals surface area contributed by atoms with E-state index in [9.17, 15) is 9.59 Å². The summed E-state index contributed by atoms with van der Waals surface area (Å²) < 4.78 is 5.23. The monoisotopic (exact) mass is 339 g/mol. The lowest BCUT2D eigenvalue weighted by Crippen LogP contribution is -2.47. The van der Waals surface area contributed by atoms with Crippen LogP contribution in [-0.4, -0.2) is 56.0 Å². The summed E-state index contributed by atoms with van der Waals surface area (Å²) in [6.45, 7) is 1.10. The molecule has 3 amide bonds. The number of nitrogens with zero attached hydrogens (tertiary/aromatic N) is 2. The summed E-state index contributed by atoms with van der Waals surface area (Å²) in [5.41, 5.74) is 0.543. The van der Waals surface area contributed by atoms with Crippen LogP contribution in [0.1, 0.15) is 12.8 Å². The van der Waals surface area contributed by atoms with Gasteiger partial charge in [-0.2, -0.15) is 0 Å². The van der Waals surface area contributed by atoms with Gasteiger partial charge in [0.15, 0.2) is 0 Å². The first-order valence-corrected chi connectivity index (χ1v) is 7.90. The molecule has 1 aromatic carbocycles. The minimum absolute atomic E-state index is 0.0668. The van der Waals surface area contributed by atoms with Gasteiger partial charge >= 0.3 is 6.03 Å². The lowest BCUT2D eigenvalue weighted by Gasteiger charge is -2.33. The maximum Gasteiger partial charge on any atom is 0.319 e. The molecule has 1 aromatic rings. The molecular weight excluding hydrogens is 318 g/mol. The first-order valence-electron chi connectivity index (χ1n) is 7.53. The van der Waals surface area contributed by atoms with E-state index in [0.29, 0.717) is 29.5 Å². The zero-order valence-electron chi connectivity index (χ0n) is 13.6. The van der Waals surface area contributed by atoms with Crippen LogP contribution in [0.3, 0.4) is 0 Å². The molecule has 1 aliphatic heterocycles. The number of ether oxygens (including phenoxy) is 1. The highest BCUT2D eigenvalue weighted by Gasteiger charge is 2.29. The zero-order chi connectivity index (χ0) is 17.0. The maximum atomic E-state index is 12.5. The summed E-state index contributed by atoms with van der Waals surface area (Å²) >= 11 is 5.98. The van der Waals surface area contributed by atoms with Gasteiger partial charge in [-0.15, -0.1) is 0 Å². The first kappa shape index (κ1) is 17.4. The third-order valence-electron chi connectivity index (χ3n) is 3.86. The van der Waals surface area contributed by atoms with Crippen LogP contribution >= 0.6 is 11.6 Å². The van der Waals surface area contributed by atoms with Gasteiger partial charge in [0.1, 0.15) is 5.75 Å². The number of halogens is 1. The van der Waals surface area contributed by atoms with Crippen molar-refractivity contribution in [3.8, 4) is 5.75 Å². The Balaban J connectivity index is 2.06. The number of hydrogen-bond acceptors (Lipinski definition) is 3. The van der Waals surface area contributed by atoms with Crippen LogP contribution in [-0.2, 0) is 4.79 Å². The second kappa shape index (κ2) is 7.55. The molecule has 1 atom stereocenters. The van der Waals surface area contributed by atoms with Crippen molar-refractivity contribution in [3.63, 3.8) is 0 Å². The maximum absolute atomic E-state index is 12.5. The van der Waals surface area contributed by atoms with Crippen molar-refractivity contribution in [2.24, 2.45) is 5.92 Å². The topological polar surface area (TPSA) is 61.9 Å². The summed E-state index contributed by atoms with van der Waals surface area (Å²) in [7, 11) is 4.96. The Morgan fingerprint density at radius 1 is 1.39 bits per heavy atom. The number of methoxy groups -OCH3 is 1. The summed E-state index contributed by atoms with van der Waals surface area (Å²) in [4.78, 5) is 27.8. The molecule has 23 heavy (non-hydrogen) atoms. The number of carbonyl (C=O) groups excluding carboxylic acids is 2. The second-order valence-corrected chi connectivity index (χ2v) is 6.23. The molecule has 6 nitrogen and oxygen atoms in total. The highest BCUT2D eigenvalue weighted by molar-refractivity contribution is 6.31. The Bertz CT molecular complexity index is 592. The molecule has 0 radical (unpaired) electrons. The number of anilines is 1. The third-order valence-corrected chi connectivity index (χ3v) is 4.10. The molecule has 0 spiro atoms. The van der Waals surface area contributed by atoms with E-state index in [1.54, 1.807) is 37.2 Å². The Labute approximate surface area is 141 Å². The number of urea groups is 1. The Morgan fingerprint density at radius 2 is 2.13 bits per heavy atom. The minimum Gasteiger partial charge on any atom is -0.495 e. The van der Waals surface area contributed by atoms with Crippen LogP contribution < -0.4 is 10.1 Å². The van der Waals surface area contributed by atoms with Crippen LogP contribution in [0.2, 0.25) is 5.02 Å². The number of piperidine rings is 1. The van der Waals surface area contributed by atoms with E-state index in [-0.39, 0.29) is 17.9 Å². The molecule has 1 aliphatic rings. The fourth-order valence-electron chi connectivity index (χ4n) is 2.66. The van der Waals surface area contributed by atoms with Crippen molar-refractivity contribution in [1.82, 2.24) is 9.80 Å². The smallest absolute Gasteiger partial charge is 0.319 e. The van der Waals surface area contributed by atoms with Gasteiger partial charge in [0, 0.05) is 32.2 Å². The van der Waals surface area contributed by atoms with Crippen LogP contribution in [0, 0.1) is 5.92 Å². The highest BCUT2D eigenvalue weighted by atomic mass is 35.5. The number of rotatable bonds is 3. The number of benzene rings is 1. The second-order valence-electron chi connectivity index (χ2n) is 5.80. The van der Waals surface area contributed by atoms with Crippen LogP contribution in [0.5, 0.6) is 5.75 Å². The fourth-order valence-corrected chi connectivity index (χ4v) is 2.83. The van der Waals surface area contributed by atoms with E-state index in [1.165, 1.54) is 12.0 Å².